The maximum absolute atomic E-state index is 12.9. The van der Waals surface area contributed by atoms with E-state index in [2.05, 4.69) is 30.3 Å². The number of anilines is 1. The van der Waals surface area contributed by atoms with E-state index < -0.39 is 0 Å². The van der Waals surface area contributed by atoms with Gasteiger partial charge in [0.1, 0.15) is 17.2 Å². The topological polar surface area (TPSA) is 88.8 Å². The third-order valence-corrected chi connectivity index (χ3v) is 6.45. The smallest absolute Gasteiger partial charge is 0.225 e. The van der Waals surface area contributed by atoms with Crippen LogP contribution in [0.2, 0.25) is 0 Å². The highest BCUT2D eigenvalue weighted by Crippen LogP contribution is 2.24. The summed E-state index contributed by atoms with van der Waals surface area (Å²) in [5, 5.41) is 10.3. The lowest BCUT2D eigenvalue weighted by Crippen LogP contribution is -2.43. The molecule has 5 rings (SSSR count). The van der Waals surface area contributed by atoms with E-state index in [1.807, 2.05) is 54.0 Å². The minimum Gasteiger partial charge on any atom is -0.356 e. The Morgan fingerprint density at radius 3 is 2.88 bits per heavy atom. The van der Waals surface area contributed by atoms with E-state index in [0.717, 1.165) is 41.5 Å². The summed E-state index contributed by atoms with van der Waals surface area (Å²) in [7, 11) is 0. The minimum atomic E-state index is -0.0842. The third-order valence-electron chi connectivity index (χ3n) is 5.51. The number of nitrogens with one attached hydrogen (secondary N) is 1. The fraction of sp³-hybridized carbons (Fsp3) is 0.261. The number of aromatic nitrogens is 5. The number of hydrogen-bond donors (Lipinski definition) is 1. The van der Waals surface area contributed by atoms with Crippen molar-refractivity contribution < 1.29 is 4.79 Å². The summed E-state index contributed by atoms with van der Waals surface area (Å²) in [6.07, 6.45) is 6.91. The molecule has 0 bridgehead atoms. The Morgan fingerprint density at radius 2 is 2.03 bits per heavy atom. The summed E-state index contributed by atoms with van der Waals surface area (Å²) in [6, 6.07) is 13.9. The van der Waals surface area contributed by atoms with Crippen molar-refractivity contribution in [3.63, 3.8) is 0 Å². The van der Waals surface area contributed by atoms with Gasteiger partial charge >= 0.3 is 0 Å². The maximum Gasteiger partial charge on any atom is 0.225 e. The van der Waals surface area contributed by atoms with Gasteiger partial charge in [0.25, 0.3) is 0 Å². The fourth-order valence-electron chi connectivity index (χ4n) is 3.86. The maximum atomic E-state index is 12.9. The molecule has 4 heterocycles. The summed E-state index contributed by atoms with van der Waals surface area (Å²) in [5.41, 5.74) is 1.98. The van der Waals surface area contributed by atoms with E-state index in [0.29, 0.717) is 18.9 Å². The molecule has 32 heavy (non-hydrogen) atoms. The van der Waals surface area contributed by atoms with Crippen molar-refractivity contribution in [2.24, 2.45) is 5.92 Å². The number of rotatable bonds is 6. The number of thiazole rings is 1. The number of nitrogens with zero attached hydrogens (tertiary/aromatic N) is 6. The van der Waals surface area contributed by atoms with Crippen LogP contribution in [0.3, 0.4) is 0 Å². The highest BCUT2D eigenvalue weighted by Gasteiger charge is 2.27. The Labute approximate surface area is 190 Å². The lowest BCUT2D eigenvalue weighted by atomic mass is 9.97. The molecular weight excluding hydrogens is 422 g/mol. The van der Waals surface area contributed by atoms with Crippen LogP contribution >= 0.6 is 11.3 Å². The summed E-state index contributed by atoms with van der Waals surface area (Å²) in [6.45, 7) is 1.94. The van der Waals surface area contributed by atoms with Crippen molar-refractivity contribution in [3.8, 4) is 16.4 Å². The predicted octanol–water partition coefficient (Wildman–Crippen LogP) is 3.32. The highest BCUT2D eigenvalue weighted by atomic mass is 32.1. The number of carbonyl (C=O) groups is 1. The zero-order chi connectivity index (χ0) is 21.8. The van der Waals surface area contributed by atoms with E-state index in [1.54, 1.807) is 28.5 Å². The summed E-state index contributed by atoms with van der Waals surface area (Å²) in [5.74, 6) is 1.50. The van der Waals surface area contributed by atoms with E-state index >= 15 is 0 Å². The zero-order valence-corrected chi connectivity index (χ0v) is 18.3. The van der Waals surface area contributed by atoms with Gasteiger partial charge in [-0.05, 0) is 18.9 Å². The molecule has 1 N–H and O–H groups in total. The number of hydrogen-bond acceptors (Lipinski definition) is 7. The number of piperidine rings is 1. The molecule has 9 heteroatoms. The van der Waals surface area contributed by atoms with Gasteiger partial charge in [0.05, 0.1) is 18.2 Å². The predicted molar refractivity (Wildman–Crippen MR) is 123 cm³/mol. The largest absolute Gasteiger partial charge is 0.356 e. The molecule has 1 aliphatic rings. The van der Waals surface area contributed by atoms with Crippen LogP contribution in [0, 0.1) is 5.92 Å². The van der Waals surface area contributed by atoms with Crippen LogP contribution < -0.4 is 10.2 Å². The molecule has 0 saturated carbocycles. The molecule has 4 aromatic rings. The average Bonchev–Trinajstić information content (AvgIpc) is 3.56. The van der Waals surface area contributed by atoms with E-state index in [4.69, 9.17) is 0 Å². The summed E-state index contributed by atoms with van der Waals surface area (Å²) in [4.78, 5) is 28.4. The Balaban J connectivity index is 1.20. The molecule has 0 aliphatic carbocycles. The van der Waals surface area contributed by atoms with Crippen molar-refractivity contribution in [2.75, 3.05) is 18.0 Å². The van der Waals surface area contributed by atoms with Crippen molar-refractivity contribution in [1.29, 1.82) is 0 Å². The molecule has 0 radical (unpaired) electrons. The number of amides is 1. The van der Waals surface area contributed by atoms with Crippen molar-refractivity contribution in [2.45, 2.75) is 19.4 Å². The molecule has 1 aromatic carbocycles. The van der Waals surface area contributed by atoms with Gasteiger partial charge in [-0.15, -0.1) is 11.3 Å². The van der Waals surface area contributed by atoms with E-state index in [-0.39, 0.29) is 11.8 Å². The van der Waals surface area contributed by atoms with Gasteiger partial charge in [0, 0.05) is 42.5 Å². The molecule has 1 fully saturated rings. The molecule has 1 saturated heterocycles. The molecule has 162 valence electrons. The van der Waals surface area contributed by atoms with Crippen LogP contribution in [-0.2, 0) is 11.3 Å². The Bertz CT molecular complexity index is 1180. The first-order valence-electron chi connectivity index (χ1n) is 10.6. The van der Waals surface area contributed by atoms with Crippen LogP contribution in [0.4, 0.5) is 5.82 Å². The van der Waals surface area contributed by atoms with Crippen LogP contribution in [-0.4, -0.2) is 43.7 Å². The van der Waals surface area contributed by atoms with Crippen LogP contribution in [0.5, 0.6) is 0 Å². The standard InChI is InChI=1S/C23H23N7OS/c31-22(24-13-19-15-32-23(28-19)17-6-2-1-3-7-17)18-8-4-10-29(14-18)20-12-21(26-16-25-20)30-11-5-9-27-30/h1-3,5-7,9,11-12,15-16,18H,4,8,10,13-14H2,(H,24,31)/t18-/m1/s1. The Hall–Kier alpha value is -3.59. The van der Waals surface area contributed by atoms with Crippen molar-refractivity contribution >= 4 is 23.1 Å². The normalized spacial score (nSPS) is 16.1. The summed E-state index contributed by atoms with van der Waals surface area (Å²) < 4.78 is 1.71. The van der Waals surface area contributed by atoms with E-state index in [9.17, 15) is 4.79 Å². The molecule has 1 aliphatic heterocycles. The second-order valence-electron chi connectivity index (χ2n) is 7.70. The monoisotopic (exact) mass is 445 g/mol. The molecule has 8 nitrogen and oxygen atoms in total. The van der Waals surface area contributed by atoms with Gasteiger partial charge in [-0.25, -0.2) is 19.6 Å². The van der Waals surface area contributed by atoms with E-state index in [1.165, 1.54) is 0 Å². The van der Waals surface area contributed by atoms with Crippen LogP contribution in [0.15, 0.2) is 66.6 Å². The first kappa shape index (κ1) is 20.3. The molecule has 1 atom stereocenters. The van der Waals surface area contributed by atoms with Gasteiger partial charge in [-0.2, -0.15) is 5.10 Å². The lowest BCUT2D eigenvalue weighted by molar-refractivity contribution is -0.125. The number of carbonyl (C=O) groups excluding carboxylic acids is 1. The zero-order valence-electron chi connectivity index (χ0n) is 17.5. The van der Waals surface area contributed by atoms with Crippen LogP contribution in [0.25, 0.3) is 16.4 Å². The van der Waals surface area contributed by atoms with Gasteiger partial charge in [0.15, 0.2) is 5.82 Å². The fourth-order valence-corrected chi connectivity index (χ4v) is 4.69. The minimum absolute atomic E-state index is 0.0605. The van der Waals surface area contributed by atoms with Gasteiger partial charge in [-0.3, -0.25) is 4.79 Å². The third kappa shape index (κ3) is 4.52. The molecular formula is C23H23N7OS. The Kier molecular flexibility index (Phi) is 5.89. The van der Waals surface area contributed by atoms with Crippen LogP contribution in [0.1, 0.15) is 18.5 Å². The SMILES string of the molecule is O=C(NCc1csc(-c2ccccc2)n1)[C@@H]1CCCN(c2cc(-n3cccn3)ncn2)C1. The Morgan fingerprint density at radius 1 is 1.16 bits per heavy atom. The summed E-state index contributed by atoms with van der Waals surface area (Å²) >= 11 is 1.60. The quantitative estimate of drug-likeness (QED) is 0.490. The second kappa shape index (κ2) is 9.27. The van der Waals surface area contributed by atoms with Gasteiger partial charge in [0.2, 0.25) is 5.91 Å². The number of benzene rings is 1. The van der Waals surface area contributed by atoms with Gasteiger partial charge in [-0.1, -0.05) is 30.3 Å². The molecule has 0 spiro atoms. The average molecular weight is 446 g/mol. The first-order valence-corrected chi connectivity index (χ1v) is 11.5. The first-order chi connectivity index (χ1) is 15.8. The highest BCUT2D eigenvalue weighted by molar-refractivity contribution is 7.13. The molecule has 1 amide bonds. The lowest BCUT2D eigenvalue weighted by Gasteiger charge is -2.32. The molecule has 3 aromatic heterocycles. The van der Waals surface area contributed by atoms with Gasteiger partial charge < -0.3 is 10.2 Å². The van der Waals surface area contributed by atoms with Crippen molar-refractivity contribution in [3.05, 3.63) is 72.3 Å². The molecule has 0 unspecified atom stereocenters. The second-order valence-corrected chi connectivity index (χ2v) is 8.56. The van der Waals surface area contributed by atoms with Crippen molar-refractivity contribution in [1.82, 2.24) is 30.0 Å².